The summed E-state index contributed by atoms with van der Waals surface area (Å²) in [6.45, 7) is 3.22. The topological polar surface area (TPSA) is 97.4 Å². The third-order valence-corrected chi connectivity index (χ3v) is 2.96. The van der Waals surface area contributed by atoms with Crippen LogP contribution in [0.2, 0.25) is 0 Å². The zero-order chi connectivity index (χ0) is 14.4. The Morgan fingerprint density at radius 3 is 2.68 bits per heavy atom. The molecule has 0 aliphatic carbocycles. The fraction of sp³-hybridized carbons (Fsp3) is 0.455. The van der Waals surface area contributed by atoms with Gasteiger partial charge in [-0.3, -0.25) is 14.9 Å². The molecule has 0 saturated heterocycles. The van der Waals surface area contributed by atoms with E-state index in [0.717, 1.165) is 5.01 Å². The molecule has 1 aromatic heterocycles. The number of esters is 1. The molecule has 19 heavy (non-hydrogen) atoms. The van der Waals surface area contributed by atoms with Gasteiger partial charge in [0.1, 0.15) is 0 Å². The molecular formula is C11H15N3O4S. The molecule has 3 amide bonds. The molecule has 0 fully saturated rings. The Bertz CT molecular complexity index is 486. The Hall–Kier alpha value is -1.96. The highest BCUT2D eigenvalue weighted by molar-refractivity contribution is 7.09. The number of ether oxygens (including phenoxy) is 1. The van der Waals surface area contributed by atoms with E-state index in [4.69, 9.17) is 4.74 Å². The van der Waals surface area contributed by atoms with Crippen LogP contribution in [0, 0.1) is 6.92 Å². The summed E-state index contributed by atoms with van der Waals surface area (Å²) in [5.74, 6) is -1.24. The highest BCUT2D eigenvalue weighted by atomic mass is 32.1. The molecular weight excluding hydrogens is 270 g/mol. The number of aromatic nitrogens is 1. The van der Waals surface area contributed by atoms with Crippen LogP contribution in [-0.2, 0) is 20.7 Å². The van der Waals surface area contributed by atoms with Crippen molar-refractivity contribution in [1.82, 2.24) is 15.6 Å². The van der Waals surface area contributed by atoms with E-state index in [-0.39, 0.29) is 6.42 Å². The van der Waals surface area contributed by atoms with Crippen molar-refractivity contribution in [3.63, 3.8) is 0 Å². The molecule has 1 aromatic rings. The largest absolute Gasteiger partial charge is 0.452 e. The molecule has 0 saturated carbocycles. The van der Waals surface area contributed by atoms with Crippen LogP contribution in [0.4, 0.5) is 4.79 Å². The highest BCUT2D eigenvalue weighted by Crippen LogP contribution is 2.09. The molecule has 0 aliphatic rings. The van der Waals surface area contributed by atoms with E-state index in [1.165, 1.54) is 25.3 Å². The molecule has 0 unspecified atom stereocenters. The number of imide groups is 1. The fourth-order valence-corrected chi connectivity index (χ4v) is 1.82. The quantitative estimate of drug-likeness (QED) is 0.779. The first-order valence-corrected chi connectivity index (χ1v) is 6.43. The van der Waals surface area contributed by atoms with Crippen molar-refractivity contribution >= 4 is 29.2 Å². The maximum Gasteiger partial charge on any atom is 0.321 e. The predicted molar refractivity (Wildman–Crippen MR) is 68.7 cm³/mol. The van der Waals surface area contributed by atoms with Crippen LogP contribution >= 0.6 is 11.3 Å². The van der Waals surface area contributed by atoms with Crippen LogP contribution in [0.15, 0.2) is 5.38 Å². The molecule has 2 N–H and O–H groups in total. The molecule has 7 nitrogen and oxygen atoms in total. The minimum absolute atomic E-state index is 0.00192. The molecule has 0 radical (unpaired) electrons. The smallest absolute Gasteiger partial charge is 0.321 e. The van der Waals surface area contributed by atoms with Crippen molar-refractivity contribution in [2.75, 3.05) is 7.05 Å². The summed E-state index contributed by atoms with van der Waals surface area (Å²) in [7, 11) is 1.38. The van der Waals surface area contributed by atoms with E-state index < -0.39 is 24.0 Å². The number of nitrogens with one attached hydrogen (secondary N) is 2. The van der Waals surface area contributed by atoms with Crippen molar-refractivity contribution in [3.8, 4) is 0 Å². The Kier molecular flexibility index (Phi) is 5.43. The number of carbonyl (C=O) groups excluding carboxylic acids is 3. The Balaban J connectivity index is 2.43. The van der Waals surface area contributed by atoms with Gasteiger partial charge >= 0.3 is 12.0 Å². The van der Waals surface area contributed by atoms with Crippen LogP contribution in [0.5, 0.6) is 0 Å². The fourth-order valence-electron chi connectivity index (χ4n) is 1.21. The monoisotopic (exact) mass is 285 g/mol. The Morgan fingerprint density at radius 2 is 2.16 bits per heavy atom. The number of hydrogen-bond donors (Lipinski definition) is 2. The van der Waals surface area contributed by atoms with Crippen molar-refractivity contribution in [2.24, 2.45) is 0 Å². The van der Waals surface area contributed by atoms with E-state index in [1.807, 2.05) is 12.2 Å². The second kappa shape index (κ2) is 6.83. The van der Waals surface area contributed by atoms with Crippen molar-refractivity contribution in [3.05, 3.63) is 16.1 Å². The van der Waals surface area contributed by atoms with Crippen molar-refractivity contribution < 1.29 is 19.1 Å². The Labute approximate surface area is 114 Å². The summed E-state index contributed by atoms with van der Waals surface area (Å²) in [5, 5.41) is 6.86. The first-order valence-electron chi connectivity index (χ1n) is 5.55. The average molecular weight is 285 g/mol. The second-order valence-electron chi connectivity index (χ2n) is 3.74. The summed E-state index contributed by atoms with van der Waals surface area (Å²) in [6.07, 6.45) is -1.04. The average Bonchev–Trinajstić information content (AvgIpc) is 2.74. The predicted octanol–water partition coefficient (Wildman–Crippen LogP) is 0.381. The summed E-state index contributed by atoms with van der Waals surface area (Å²) >= 11 is 1.43. The molecule has 1 atom stereocenters. The van der Waals surface area contributed by atoms with Gasteiger partial charge in [-0.25, -0.2) is 9.78 Å². The van der Waals surface area contributed by atoms with Crippen molar-refractivity contribution in [2.45, 2.75) is 26.4 Å². The van der Waals surface area contributed by atoms with E-state index in [2.05, 4.69) is 10.3 Å². The number of hydrogen-bond acceptors (Lipinski definition) is 6. The number of amides is 3. The molecule has 0 spiro atoms. The van der Waals surface area contributed by atoms with Crippen LogP contribution in [-0.4, -0.2) is 36.0 Å². The van der Waals surface area contributed by atoms with Gasteiger partial charge in [0.25, 0.3) is 5.91 Å². The van der Waals surface area contributed by atoms with Crippen LogP contribution in [0.3, 0.4) is 0 Å². The van der Waals surface area contributed by atoms with Gasteiger partial charge in [-0.05, 0) is 13.8 Å². The van der Waals surface area contributed by atoms with Gasteiger partial charge in [0.05, 0.1) is 17.1 Å². The van der Waals surface area contributed by atoms with Gasteiger partial charge < -0.3 is 10.1 Å². The summed E-state index contributed by atoms with van der Waals surface area (Å²) in [5.41, 5.74) is 0.603. The minimum atomic E-state index is -1.04. The molecule has 8 heteroatoms. The van der Waals surface area contributed by atoms with Crippen LogP contribution in [0.1, 0.15) is 17.6 Å². The third kappa shape index (κ3) is 5.04. The van der Waals surface area contributed by atoms with Gasteiger partial charge in [0.2, 0.25) is 0 Å². The molecule has 1 heterocycles. The molecule has 104 valence electrons. The first-order chi connectivity index (χ1) is 8.92. The lowest BCUT2D eigenvalue weighted by Gasteiger charge is -2.12. The maximum atomic E-state index is 11.6. The number of urea groups is 1. The number of aryl methyl sites for hydroxylation is 1. The number of thiazole rings is 1. The lowest BCUT2D eigenvalue weighted by molar-refractivity contribution is -0.153. The second-order valence-corrected chi connectivity index (χ2v) is 4.80. The molecule has 1 rings (SSSR count). The Morgan fingerprint density at radius 1 is 1.47 bits per heavy atom. The SMILES string of the molecule is CNC(=O)NC(=O)[C@H](C)OC(=O)Cc1csc(C)n1. The van der Waals surface area contributed by atoms with Gasteiger partial charge in [-0.2, -0.15) is 0 Å². The van der Waals surface area contributed by atoms with Gasteiger partial charge in [0, 0.05) is 12.4 Å². The van der Waals surface area contributed by atoms with E-state index in [9.17, 15) is 14.4 Å². The zero-order valence-corrected chi connectivity index (χ0v) is 11.7. The zero-order valence-electron chi connectivity index (χ0n) is 10.9. The lowest BCUT2D eigenvalue weighted by Crippen LogP contribution is -2.43. The molecule has 0 aromatic carbocycles. The number of rotatable bonds is 4. The van der Waals surface area contributed by atoms with E-state index in [1.54, 1.807) is 5.38 Å². The van der Waals surface area contributed by atoms with E-state index >= 15 is 0 Å². The van der Waals surface area contributed by atoms with Gasteiger partial charge in [-0.1, -0.05) is 0 Å². The number of carbonyl (C=O) groups is 3. The minimum Gasteiger partial charge on any atom is -0.452 e. The van der Waals surface area contributed by atoms with Crippen LogP contribution in [0.25, 0.3) is 0 Å². The standard InChI is InChI=1S/C11H15N3O4S/c1-6(10(16)14-11(17)12-3)18-9(15)4-8-5-19-7(2)13-8/h5-6H,4H2,1-3H3,(H2,12,14,16,17)/t6-/m0/s1. The van der Waals surface area contributed by atoms with Gasteiger partial charge in [-0.15, -0.1) is 11.3 Å². The summed E-state index contributed by atoms with van der Waals surface area (Å²) in [4.78, 5) is 38.0. The maximum absolute atomic E-state index is 11.6. The van der Waals surface area contributed by atoms with Gasteiger partial charge in [0.15, 0.2) is 6.10 Å². The van der Waals surface area contributed by atoms with Crippen molar-refractivity contribution in [1.29, 1.82) is 0 Å². The normalized spacial score (nSPS) is 11.5. The highest BCUT2D eigenvalue weighted by Gasteiger charge is 2.20. The number of nitrogens with zero attached hydrogens (tertiary/aromatic N) is 1. The molecule has 0 aliphatic heterocycles. The lowest BCUT2D eigenvalue weighted by atomic mass is 10.3. The summed E-state index contributed by atoms with van der Waals surface area (Å²) in [6, 6.07) is -0.650. The molecule has 0 bridgehead atoms. The third-order valence-electron chi connectivity index (χ3n) is 2.13. The van der Waals surface area contributed by atoms with E-state index in [0.29, 0.717) is 5.69 Å². The first kappa shape index (κ1) is 15.1. The van der Waals surface area contributed by atoms with Crippen LogP contribution < -0.4 is 10.6 Å². The summed E-state index contributed by atoms with van der Waals surface area (Å²) < 4.78 is 4.90.